The number of carboxylic acids is 1. The van der Waals surface area contributed by atoms with Gasteiger partial charge in [0.1, 0.15) is 5.78 Å². The summed E-state index contributed by atoms with van der Waals surface area (Å²) < 4.78 is 31.6. The SMILES string of the molecule is CC(=O)Cc1ccc(O)c(O)c1.CCO.O=C(O)Cc1ccc(O)c(O)c1.O=S(=O)(O)O. The summed E-state index contributed by atoms with van der Waals surface area (Å²) in [5, 5.41) is 51.8. The highest BCUT2D eigenvalue weighted by Crippen LogP contribution is 2.25. The van der Waals surface area contributed by atoms with Crippen LogP contribution in [0.15, 0.2) is 36.4 Å². The van der Waals surface area contributed by atoms with E-state index in [0.29, 0.717) is 11.1 Å². The Hall–Kier alpha value is -3.39. The quantitative estimate of drug-likeness (QED) is 0.229. The molecule has 2 rings (SSSR count). The lowest BCUT2D eigenvalue weighted by molar-refractivity contribution is -0.136. The number of phenols is 4. The normalized spacial score (nSPS) is 9.66. The number of Topliss-reactive ketones (excluding diaryl/α,β-unsaturated/α-hetero) is 1. The van der Waals surface area contributed by atoms with Crippen LogP contribution in [-0.2, 0) is 32.8 Å². The number of aliphatic carboxylic acids is 1. The number of carbonyl (C=O) groups is 2. The van der Waals surface area contributed by atoms with Crippen molar-refractivity contribution in [3.63, 3.8) is 0 Å². The largest absolute Gasteiger partial charge is 0.504 e. The first-order chi connectivity index (χ1) is 14.6. The Bertz CT molecular complexity index is 899. The Morgan fingerprint density at radius 2 is 1.09 bits per heavy atom. The molecule has 0 aromatic heterocycles. The average Bonchev–Trinajstić information content (AvgIpc) is 2.60. The zero-order valence-electron chi connectivity index (χ0n) is 17.2. The topological polar surface area (TPSA) is 230 Å². The van der Waals surface area contributed by atoms with Crippen molar-refractivity contribution in [1.29, 1.82) is 0 Å². The van der Waals surface area contributed by atoms with Gasteiger partial charge in [0.15, 0.2) is 23.0 Å². The number of benzene rings is 2. The molecule has 32 heavy (non-hydrogen) atoms. The van der Waals surface area contributed by atoms with Crippen LogP contribution >= 0.6 is 0 Å². The molecule has 12 nitrogen and oxygen atoms in total. The molecule has 0 aliphatic carbocycles. The number of hydrogen-bond acceptors (Lipinski definition) is 9. The first-order valence-corrected chi connectivity index (χ1v) is 10.0. The smallest absolute Gasteiger partial charge is 0.394 e. The van der Waals surface area contributed by atoms with Gasteiger partial charge < -0.3 is 30.6 Å². The highest BCUT2D eigenvalue weighted by atomic mass is 32.3. The molecule has 8 N–H and O–H groups in total. The Kier molecular flexibility index (Phi) is 14.8. The third kappa shape index (κ3) is 18.6. The second-order valence-corrected chi connectivity index (χ2v) is 6.76. The van der Waals surface area contributed by atoms with Crippen molar-refractivity contribution in [2.45, 2.75) is 26.7 Å². The molecule has 0 saturated carbocycles. The van der Waals surface area contributed by atoms with E-state index in [1.54, 1.807) is 13.0 Å². The van der Waals surface area contributed by atoms with E-state index in [9.17, 15) is 9.59 Å². The maximum absolute atomic E-state index is 10.7. The second-order valence-electron chi connectivity index (χ2n) is 5.86. The lowest BCUT2D eigenvalue weighted by atomic mass is 10.1. The van der Waals surface area contributed by atoms with Crippen LogP contribution in [-0.4, -0.2) is 66.5 Å². The van der Waals surface area contributed by atoms with Gasteiger partial charge in [-0.25, -0.2) is 0 Å². The third-order valence-corrected chi connectivity index (χ3v) is 2.89. The van der Waals surface area contributed by atoms with Gasteiger partial charge in [-0.3, -0.25) is 18.7 Å². The van der Waals surface area contributed by atoms with Crippen LogP contribution in [0.5, 0.6) is 23.0 Å². The van der Waals surface area contributed by atoms with E-state index in [-0.39, 0.29) is 48.2 Å². The first-order valence-electron chi connectivity index (χ1n) is 8.64. The van der Waals surface area contributed by atoms with Gasteiger partial charge in [0.05, 0.1) is 6.42 Å². The Morgan fingerprint density at radius 3 is 1.34 bits per heavy atom. The fourth-order valence-electron chi connectivity index (χ4n) is 1.82. The molecule has 0 bridgehead atoms. The monoisotopic (exact) mass is 478 g/mol. The van der Waals surface area contributed by atoms with Crippen LogP contribution in [0, 0.1) is 0 Å². The molecule has 0 aliphatic rings. The van der Waals surface area contributed by atoms with E-state index in [1.165, 1.54) is 37.3 Å². The van der Waals surface area contributed by atoms with E-state index in [0.717, 1.165) is 0 Å². The number of rotatable bonds is 4. The molecule has 13 heteroatoms. The van der Waals surface area contributed by atoms with Crippen molar-refractivity contribution in [2.24, 2.45) is 0 Å². The molecule has 0 amide bonds. The van der Waals surface area contributed by atoms with Crippen molar-refractivity contribution >= 4 is 22.2 Å². The molecule has 0 fully saturated rings. The predicted molar refractivity (Wildman–Crippen MR) is 112 cm³/mol. The molecule has 0 aliphatic heterocycles. The van der Waals surface area contributed by atoms with Crippen LogP contribution in [0.1, 0.15) is 25.0 Å². The van der Waals surface area contributed by atoms with Gasteiger partial charge in [-0.2, -0.15) is 8.42 Å². The summed E-state index contributed by atoms with van der Waals surface area (Å²) in [5.74, 6) is -1.84. The molecule has 0 saturated heterocycles. The maximum Gasteiger partial charge on any atom is 0.394 e. The van der Waals surface area contributed by atoms with Gasteiger partial charge in [-0.1, -0.05) is 12.1 Å². The van der Waals surface area contributed by atoms with Crippen molar-refractivity contribution < 1.29 is 57.8 Å². The summed E-state index contributed by atoms with van der Waals surface area (Å²) >= 11 is 0. The predicted octanol–water partition coefficient (Wildman–Crippen LogP) is 1.30. The first kappa shape index (κ1) is 30.8. The zero-order chi connectivity index (χ0) is 25.5. The highest BCUT2D eigenvalue weighted by Gasteiger charge is 2.04. The number of hydrogen-bond donors (Lipinski definition) is 8. The molecule has 0 unspecified atom stereocenters. The zero-order valence-corrected chi connectivity index (χ0v) is 18.0. The summed E-state index contributed by atoms with van der Waals surface area (Å²) in [6.45, 7) is 3.41. The van der Waals surface area contributed by atoms with Crippen LogP contribution in [0.3, 0.4) is 0 Å². The van der Waals surface area contributed by atoms with Crippen molar-refractivity contribution in [2.75, 3.05) is 6.61 Å². The average molecular weight is 478 g/mol. The lowest BCUT2D eigenvalue weighted by Crippen LogP contribution is -1.99. The number of aromatic hydroxyl groups is 4. The highest BCUT2D eigenvalue weighted by molar-refractivity contribution is 7.79. The Labute approximate surface area is 184 Å². The summed E-state index contributed by atoms with van der Waals surface area (Å²) in [4.78, 5) is 20.9. The molecule has 0 radical (unpaired) electrons. The number of aliphatic hydroxyl groups is 1. The van der Waals surface area contributed by atoms with E-state index >= 15 is 0 Å². The molecule has 2 aromatic rings. The summed E-state index contributed by atoms with van der Waals surface area (Å²) in [7, 11) is -4.67. The van der Waals surface area contributed by atoms with E-state index in [2.05, 4.69) is 0 Å². The van der Waals surface area contributed by atoms with Crippen molar-refractivity contribution in [3.05, 3.63) is 47.5 Å². The van der Waals surface area contributed by atoms with E-state index in [1.807, 2.05) is 0 Å². The maximum atomic E-state index is 10.7. The molecule has 2 aromatic carbocycles. The molecule has 180 valence electrons. The number of phenolic OH excluding ortho intramolecular Hbond substituents is 4. The minimum Gasteiger partial charge on any atom is -0.504 e. The van der Waals surface area contributed by atoms with Crippen LogP contribution in [0.25, 0.3) is 0 Å². The van der Waals surface area contributed by atoms with Crippen molar-refractivity contribution in [1.82, 2.24) is 0 Å². The Balaban J connectivity index is 0. The van der Waals surface area contributed by atoms with Crippen LogP contribution in [0.2, 0.25) is 0 Å². The van der Waals surface area contributed by atoms with Gasteiger partial charge >= 0.3 is 16.4 Å². The number of carbonyl (C=O) groups excluding carboxylic acids is 1. The lowest BCUT2D eigenvalue weighted by Gasteiger charge is -2.00. The minimum absolute atomic E-state index is 0.0279. The molecular formula is C19H26O12S. The van der Waals surface area contributed by atoms with E-state index in [4.69, 9.17) is 48.2 Å². The number of carboxylic acid groups (broad SMARTS) is 1. The molecular weight excluding hydrogens is 452 g/mol. The number of ketones is 1. The molecule has 0 atom stereocenters. The minimum atomic E-state index is -4.67. The second kappa shape index (κ2) is 15.4. The van der Waals surface area contributed by atoms with Gasteiger partial charge in [-0.05, 0) is 49.2 Å². The number of aliphatic hydroxyl groups excluding tert-OH is 1. The van der Waals surface area contributed by atoms with Crippen LogP contribution < -0.4 is 0 Å². The summed E-state index contributed by atoms with van der Waals surface area (Å²) in [5.41, 5.74) is 1.16. The van der Waals surface area contributed by atoms with E-state index < -0.39 is 16.4 Å². The molecule has 0 heterocycles. The van der Waals surface area contributed by atoms with Crippen molar-refractivity contribution in [3.8, 4) is 23.0 Å². The van der Waals surface area contributed by atoms with Gasteiger partial charge in [0.25, 0.3) is 0 Å². The van der Waals surface area contributed by atoms with Gasteiger partial charge in [0, 0.05) is 13.0 Å². The fraction of sp³-hybridized carbons (Fsp3) is 0.263. The summed E-state index contributed by atoms with van der Waals surface area (Å²) in [6.07, 6.45) is 0.127. The summed E-state index contributed by atoms with van der Waals surface area (Å²) in [6, 6.07) is 8.29. The van der Waals surface area contributed by atoms with Crippen LogP contribution in [0.4, 0.5) is 0 Å². The third-order valence-electron chi connectivity index (χ3n) is 2.89. The standard InChI is InChI=1S/C9H10O3.C8H8O4.C2H6O.H2O4S/c1-6(10)4-7-2-3-8(11)9(12)5-7;9-6-2-1-5(3-7(6)10)4-8(11)12;1-2-3;1-5(2,3)4/h2-3,5,11-12H,4H2,1H3;1-3,9-10H,4H2,(H,11,12);3H,2H2,1H3;(H2,1,2,3,4). The Morgan fingerprint density at radius 1 is 0.781 bits per heavy atom. The molecule has 0 spiro atoms. The van der Waals surface area contributed by atoms with Gasteiger partial charge in [-0.15, -0.1) is 0 Å². The van der Waals surface area contributed by atoms with Gasteiger partial charge in [0.2, 0.25) is 0 Å². The fourth-order valence-corrected chi connectivity index (χ4v) is 1.82.